The Morgan fingerprint density at radius 2 is 1.55 bits per heavy atom. The summed E-state index contributed by atoms with van der Waals surface area (Å²) in [6.07, 6.45) is -0.316. The Labute approximate surface area is 310 Å². The third-order valence-corrected chi connectivity index (χ3v) is 17.4. The molecule has 3 heterocycles. The maximum Gasteiger partial charge on any atom is 0.297 e. The molecule has 0 spiro atoms. The molecule has 0 amide bonds. The number of hydrogen-bond donors (Lipinski definition) is 0. The van der Waals surface area contributed by atoms with Gasteiger partial charge in [-0.1, -0.05) is 53.5 Å². The molecule has 2 aromatic heterocycles. The summed E-state index contributed by atoms with van der Waals surface area (Å²) < 4.78 is 79.9. The number of anilines is 1. The van der Waals surface area contributed by atoms with Crippen molar-refractivity contribution in [2.75, 3.05) is 31.9 Å². The van der Waals surface area contributed by atoms with E-state index in [2.05, 4.69) is 63.0 Å². The molecule has 7 nitrogen and oxygen atoms in total. The van der Waals surface area contributed by atoms with Crippen molar-refractivity contribution in [3.05, 3.63) is 47.3 Å². The zero-order valence-corrected chi connectivity index (χ0v) is 33.1. The first-order valence-corrected chi connectivity index (χ1v) is 20.9. The molecule has 2 fully saturated rings. The molecule has 2 atom stereocenters. The van der Waals surface area contributed by atoms with Crippen LogP contribution in [0.5, 0.6) is 11.6 Å². The minimum atomic E-state index is -3.06. The summed E-state index contributed by atoms with van der Waals surface area (Å²) in [6.45, 7) is 17.8. The number of pyridine rings is 1. The lowest BCUT2D eigenvalue weighted by molar-refractivity contribution is 0.0512. The first kappa shape index (κ1) is 38.8. The highest BCUT2D eigenvalue weighted by Crippen LogP contribution is 2.46. The van der Waals surface area contributed by atoms with E-state index in [0.29, 0.717) is 41.4 Å². The van der Waals surface area contributed by atoms with E-state index in [1.165, 1.54) is 13.2 Å². The molecule has 6 rings (SSSR count). The number of hydrogen-bond acceptors (Lipinski definition) is 7. The van der Waals surface area contributed by atoms with Crippen molar-refractivity contribution < 1.29 is 31.8 Å². The fourth-order valence-electron chi connectivity index (χ4n) is 8.87. The van der Waals surface area contributed by atoms with Crippen LogP contribution in [-0.4, -0.2) is 56.1 Å². The quantitative estimate of drug-likeness (QED) is 0.0654. The van der Waals surface area contributed by atoms with Gasteiger partial charge in [0.25, 0.3) is 6.43 Å². The van der Waals surface area contributed by atoms with Crippen LogP contribution in [0, 0.1) is 34.9 Å². The molecule has 12 heteroatoms. The summed E-state index contributed by atoms with van der Waals surface area (Å²) in [5, 5.41) is 0.978. The number of rotatable bonds is 11. The molecule has 2 unspecified atom stereocenters. The normalized spacial score (nSPS) is 17.6. The van der Waals surface area contributed by atoms with Crippen LogP contribution in [0.2, 0.25) is 16.6 Å². The van der Waals surface area contributed by atoms with E-state index >= 15 is 8.78 Å². The lowest BCUT2D eigenvalue weighted by atomic mass is 9.95. The molecule has 0 N–H and O–H groups in total. The van der Waals surface area contributed by atoms with Crippen molar-refractivity contribution in [3.8, 4) is 34.4 Å². The maximum absolute atomic E-state index is 17.4. The highest BCUT2D eigenvalue weighted by atomic mass is 28.3. The van der Waals surface area contributed by atoms with Crippen LogP contribution in [0.25, 0.3) is 32.9 Å². The molecule has 2 bridgehead atoms. The number of fused-ring (bicyclic) bond motifs is 4. The summed E-state index contributed by atoms with van der Waals surface area (Å²) in [7, 11) is -0.860. The Hall–Kier alpha value is -3.95. The van der Waals surface area contributed by atoms with E-state index in [4.69, 9.17) is 19.2 Å². The van der Waals surface area contributed by atoms with Gasteiger partial charge in [0.05, 0.1) is 11.7 Å². The minimum Gasteiger partial charge on any atom is -0.474 e. The van der Waals surface area contributed by atoms with Crippen molar-refractivity contribution in [1.82, 2.24) is 15.0 Å². The van der Waals surface area contributed by atoms with Crippen molar-refractivity contribution in [1.29, 1.82) is 0 Å². The molecule has 4 aromatic rings. The topological polar surface area (TPSA) is 69.6 Å². The number of ether oxygens (including phenoxy) is 3. The van der Waals surface area contributed by atoms with Crippen LogP contribution in [0.4, 0.5) is 23.4 Å². The van der Waals surface area contributed by atoms with Gasteiger partial charge in [-0.3, -0.25) is 0 Å². The van der Waals surface area contributed by atoms with Crippen molar-refractivity contribution in [2.24, 2.45) is 11.8 Å². The van der Waals surface area contributed by atoms with Crippen LogP contribution in [0.3, 0.4) is 0 Å². The van der Waals surface area contributed by atoms with E-state index < -0.39 is 38.1 Å². The molecule has 53 heavy (non-hydrogen) atoms. The van der Waals surface area contributed by atoms with E-state index in [9.17, 15) is 8.78 Å². The number of alkyl halides is 2. The third kappa shape index (κ3) is 7.31. The third-order valence-electron chi connectivity index (χ3n) is 11.1. The molecular formula is C41H50F4N4O3Si. The molecule has 1 saturated carbocycles. The molecule has 0 radical (unpaired) electrons. The summed E-state index contributed by atoms with van der Waals surface area (Å²) in [5.41, 5.74) is 4.13. The first-order valence-electron chi connectivity index (χ1n) is 18.7. The summed E-state index contributed by atoms with van der Waals surface area (Å²) >= 11 is 0. The minimum absolute atomic E-state index is 0.00591. The lowest BCUT2D eigenvalue weighted by Gasteiger charge is -2.38. The zero-order valence-electron chi connectivity index (χ0n) is 32.1. The van der Waals surface area contributed by atoms with E-state index in [1.807, 2.05) is 4.90 Å². The smallest absolute Gasteiger partial charge is 0.297 e. The van der Waals surface area contributed by atoms with Gasteiger partial charge < -0.3 is 19.1 Å². The Kier molecular flexibility index (Phi) is 11.3. The average Bonchev–Trinajstić information content (AvgIpc) is 3.44. The van der Waals surface area contributed by atoms with E-state index in [-0.39, 0.29) is 62.8 Å². The number of aromatic nitrogens is 3. The second kappa shape index (κ2) is 15.4. The monoisotopic (exact) mass is 750 g/mol. The largest absolute Gasteiger partial charge is 0.474 e. The van der Waals surface area contributed by atoms with E-state index in [0.717, 1.165) is 19.3 Å². The first-order chi connectivity index (χ1) is 25.2. The Morgan fingerprint density at radius 3 is 2.13 bits per heavy atom. The number of halogens is 4. The summed E-state index contributed by atoms with van der Waals surface area (Å²) in [6, 6.07) is 6.20. The molecule has 2 aromatic carbocycles. The van der Waals surface area contributed by atoms with Gasteiger partial charge in [0.1, 0.15) is 42.1 Å². The molecule has 1 aliphatic carbocycles. The standard InChI is InChI=1S/C41H50F4N4O3Si/c1-22(2)52-41-34-37(46-39(38(44)45)48-40(34)49-19-26-10-11-27(16-26)20-49)35(43)36(47-41)31-18-29(51-21-50-9)17-28-12-13-32(42)30(33(28)31)14-15-53(23(3)4,24(5)6)25(7)8/h12-13,17-18,22-27,38H,10-11,16,19-21H2,1-9H3. The van der Waals surface area contributed by atoms with Gasteiger partial charge in [-0.2, -0.15) is 0 Å². The van der Waals surface area contributed by atoms with Gasteiger partial charge in [-0.15, -0.1) is 5.54 Å². The van der Waals surface area contributed by atoms with Gasteiger partial charge >= 0.3 is 0 Å². The van der Waals surface area contributed by atoms with Gasteiger partial charge in [-0.25, -0.2) is 32.5 Å². The van der Waals surface area contributed by atoms with Gasteiger partial charge in [0, 0.05) is 31.1 Å². The molecular weight excluding hydrogens is 701 g/mol. The second-order valence-electron chi connectivity index (χ2n) is 15.8. The van der Waals surface area contributed by atoms with Gasteiger partial charge in [0.15, 0.2) is 18.4 Å². The Balaban J connectivity index is 1.70. The molecule has 1 aliphatic heterocycles. The molecule has 2 aliphatic rings. The van der Waals surface area contributed by atoms with Gasteiger partial charge in [-0.05, 0) is 85.2 Å². The summed E-state index contributed by atoms with van der Waals surface area (Å²) in [5.74, 6) is 2.24. The fourth-order valence-corrected chi connectivity index (χ4v) is 14.1. The number of methoxy groups -OCH3 is 1. The fraction of sp³-hybridized carbons (Fsp3) is 0.537. The van der Waals surface area contributed by atoms with E-state index in [1.54, 1.807) is 32.0 Å². The van der Waals surface area contributed by atoms with Crippen LogP contribution >= 0.6 is 0 Å². The number of benzene rings is 2. The van der Waals surface area contributed by atoms with Crippen molar-refractivity contribution in [2.45, 2.75) is 104 Å². The zero-order chi connectivity index (χ0) is 38.4. The van der Waals surface area contributed by atoms with Crippen LogP contribution < -0.4 is 14.4 Å². The number of nitrogens with zero attached hydrogens (tertiary/aromatic N) is 4. The van der Waals surface area contributed by atoms with Gasteiger partial charge in [0.2, 0.25) is 5.88 Å². The maximum atomic E-state index is 17.4. The molecule has 284 valence electrons. The second-order valence-corrected chi connectivity index (χ2v) is 21.4. The Bertz CT molecular complexity index is 2030. The summed E-state index contributed by atoms with van der Waals surface area (Å²) in [4.78, 5) is 15.2. The lowest BCUT2D eigenvalue weighted by Crippen LogP contribution is -2.43. The Morgan fingerprint density at radius 1 is 0.887 bits per heavy atom. The number of piperidine rings is 1. The van der Waals surface area contributed by atoms with Crippen molar-refractivity contribution >= 4 is 35.6 Å². The highest BCUT2D eigenvalue weighted by Gasteiger charge is 2.42. The highest BCUT2D eigenvalue weighted by molar-refractivity contribution is 6.90. The predicted molar refractivity (Wildman–Crippen MR) is 204 cm³/mol. The van der Waals surface area contributed by atoms with Crippen molar-refractivity contribution in [3.63, 3.8) is 0 Å². The average molecular weight is 751 g/mol. The molecule has 1 saturated heterocycles. The van der Waals surface area contributed by atoms with Crippen LogP contribution in [0.1, 0.15) is 92.5 Å². The SMILES string of the molecule is COCOc1cc(-c2nc(OC(C)C)c3c(N4CC5CCC(C5)C4)nc(C(F)F)nc3c2F)c2c(C#C[Si](C(C)C)(C(C)C)C(C)C)c(F)ccc2c1. The predicted octanol–water partition coefficient (Wildman–Crippen LogP) is 10.6. The van der Waals surface area contributed by atoms with Crippen LogP contribution in [-0.2, 0) is 4.74 Å². The van der Waals surface area contributed by atoms with Crippen LogP contribution in [0.15, 0.2) is 24.3 Å².